The fourth-order valence-electron chi connectivity index (χ4n) is 3.12. The predicted octanol–water partition coefficient (Wildman–Crippen LogP) is 5.25. The average Bonchev–Trinajstić information content (AvgIpc) is 2.76. The third kappa shape index (κ3) is 4.52. The van der Waals surface area contributed by atoms with E-state index in [4.69, 9.17) is 11.6 Å². The standard InChI is InChI=1S/C23H18ClN3O3S/c1-15-7-10-18(24)14-20(15)26-23(28)17-8-11-19(12-9-17)27-31(29,30)21-6-2-4-16-5-3-13-25-22(16)21/h2-14,27H,1H3,(H,26,28). The Morgan fingerprint density at radius 2 is 1.71 bits per heavy atom. The van der Waals surface area contributed by atoms with Gasteiger partial charge in [0, 0.05) is 33.5 Å². The largest absolute Gasteiger partial charge is 0.322 e. The number of rotatable bonds is 5. The fourth-order valence-corrected chi connectivity index (χ4v) is 4.53. The van der Waals surface area contributed by atoms with Crippen molar-refractivity contribution in [1.82, 2.24) is 4.98 Å². The van der Waals surface area contributed by atoms with Crippen molar-refractivity contribution in [3.05, 3.63) is 95.1 Å². The first-order chi connectivity index (χ1) is 14.8. The van der Waals surface area contributed by atoms with Crippen molar-refractivity contribution >= 4 is 49.8 Å². The van der Waals surface area contributed by atoms with Gasteiger partial charge in [0.25, 0.3) is 15.9 Å². The number of pyridine rings is 1. The number of carbonyl (C=O) groups is 1. The van der Waals surface area contributed by atoms with Gasteiger partial charge in [-0.2, -0.15) is 0 Å². The van der Waals surface area contributed by atoms with Crippen molar-refractivity contribution in [2.45, 2.75) is 11.8 Å². The second kappa shape index (κ2) is 8.37. The summed E-state index contributed by atoms with van der Waals surface area (Å²) in [6, 6.07) is 19.9. The number of fused-ring (bicyclic) bond motifs is 1. The van der Waals surface area contributed by atoms with E-state index in [0.29, 0.717) is 27.5 Å². The van der Waals surface area contributed by atoms with Crippen LogP contribution < -0.4 is 10.0 Å². The zero-order valence-corrected chi connectivity index (χ0v) is 18.0. The molecule has 0 bridgehead atoms. The van der Waals surface area contributed by atoms with Crippen molar-refractivity contribution in [3.63, 3.8) is 0 Å². The minimum atomic E-state index is -3.86. The molecular formula is C23H18ClN3O3S. The van der Waals surface area contributed by atoms with Crippen LogP contribution >= 0.6 is 11.6 Å². The van der Waals surface area contributed by atoms with Gasteiger partial charge < -0.3 is 5.32 Å². The molecule has 0 aliphatic rings. The normalized spacial score (nSPS) is 11.3. The van der Waals surface area contributed by atoms with Crippen LogP contribution in [0, 0.1) is 6.92 Å². The maximum atomic E-state index is 12.9. The quantitative estimate of drug-likeness (QED) is 0.433. The van der Waals surface area contributed by atoms with E-state index < -0.39 is 10.0 Å². The molecule has 0 saturated carbocycles. The number of sulfonamides is 1. The third-order valence-electron chi connectivity index (χ3n) is 4.73. The Kier molecular flexibility index (Phi) is 5.63. The highest BCUT2D eigenvalue weighted by molar-refractivity contribution is 7.93. The molecule has 8 heteroatoms. The van der Waals surface area contributed by atoms with E-state index in [2.05, 4.69) is 15.0 Å². The van der Waals surface area contributed by atoms with Crippen LogP contribution in [0.4, 0.5) is 11.4 Å². The summed E-state index contributed by atoms with van der Waals surface area (Å²) in [6.07, 6.45) is 1.55. The summed E-state index contributed by atoms with van der Waals surface area (Å²) in [4.78, 5) is 16.8. The number of nitrogens with one attached hydrogen (secondary N) is 2. The first-order valence-corrected chi connectivity index (χ1v) is 11.2. The van der Waals surface area contributed by atoms with Gasteiger partial charge in [0.1, 0.15) is 4.90 Å². The Bertz CT molecular complexity index is 1380. The number of aromatic nitrogens is 1. The van der Waals surface area contributed by atoms with Gasteiger partial charge in [0.15, 0.2) is 0 Å². The Balaban J connectivity index is 1.54. The van der Waals surface area contributed by atoms with Gasteiger partial charge in [-0.05, 0) is 61.0 Å². The Morgan fingerprint density at radius 3 is 2.48 bits per heavy atom. The molecule has 0 aliphatic carbocycles. The second-order valence-corrected chi connectivity index (χ2v) is 9.01. The van der Waals surface area contributed by atoms with E-state index in [1.807, 2.05) is 13.0 Å². The lowest BCUT2D eigenvalue weighted by atomic mass is 10.1. The predicted molar refractivity (Wildman–Crippen MR) is 123 cm³/mol. The monoisotopic (exact) mass is 451 g/mol. The van der Waals surface area contributed by atoms with Crippen LogP contribution in [-0.4, -0.2) is 19.3 Å². The van der Waals surface area contributed by atoms with Gasteiger partial charge in [-0.1, -0.05) is 35.9 Å². The number of anilines is 2. The maximum Gasteiger partial charge on any atom is 0.264 e. The van der Waals surface area contributed by atoms with E-state index in [-0.39, 0.29) is 10.8 Å². The molecule has 6 nitrogen and oxygen atoms in total. The lowest BCUT2D eigenvalue weighted by molar-refractivity contribution is 0.102. The number of hydrogen-bond donors (Lipinski definition) is 2. The molecule has 0 fully saturated rings. The lowest BCUT2D eigenvalue weighted by Crippen LogP contribution is -2.15. The van der Waals surface area contributed by atoms with Gasteiger partial charge in [-0.3, -0.25) is 14.5 Å². The number of carbonyl (C=O) groups excluding carboxylic acids is 1. The smallest absolute Gasteiger partial charge is 0.264 e. The number of aryl methyl sites for hydroxylation is 1. The van der Waals surface area contributed by atoms with E-state index in [0.717, 1.165) is 10.9 Å². The zero-order valence-electron chi connectivity index (χ0n) is 16.5. The fraction of sp³-hybridized carbons (Fsp3) is 0.0435. The topological polar surface area (TPSA) is 88.2 Å². The van der Waals surface area contributed by atoms with Crippen LogP contribution in [0.15, 0.2) is 83.9 Å². The van der Waals surface area contributed by atoms with Crippen LogP contribution in [0.25, 0.3) is 10.9 Å². The molecule has 1 aromatic heterocycles. The van der Waals surface area contributed by atoms with E-state index in [1.165, 1.54) is 18.2 Å². The van der Waals surface area contributed by atoms with Crippen molar-refractivity contribution in [1.29, 1.82) is 0 Å². The molecular weight excluding hydrogens is 434 g/mol. The summed E-state index contributed by atoms with van der Waals surface area (Å²) in [6.45, 7) is 1.87. The lowest BCUT2D eigenvalue weighted by Gasteiger charge is -2.11. The minimum Gasteiger partial charge on any atom is -0.322 e. The summed E-state index contributed by atoms with van der Waals surface area (Å²) in [5.74, 6) is -0.321. The van der Waals surface area contributed by atoms with Crippen LogP contribution in [0.2, 0.25) is 5.02 Å². The average molecular weight is 452 g/mol. The summed E-state index contributed by atoms with van der Waals surface area (Å²) in [7, 11) is -3.86. The van der Waals surface area contributed by atoms with Gasteiger partial charge >= 0.3 is 0 Å². The van der Waals surface area contributed by atoms with Crippen molar-refractivity contribution < 1.29 is 13.2 Å². The van der Waals surface area contributed by atoms with Gasteiger partial charge in [-0.25, -0.2) is 8.42 Å². The van der Waals surface area contributed by atoms with Crippen LogP contribution in [-0.2, 0) is 10.0 Å². The maximum absolute atomic E-state index is 12.9. The Labute approximate surface area is 185 Å². The molecule has 2 N–H and O–H groups in total. The molecule has 1 heterocycles. The number of nitrogens with zero attached hydrogens (tertiary/aromatic N) is 1. The van der Waals surface area contributed by atoms with Crippen molar-refractivity contribution in [3.8, 4) is 0 Å². The van der Waals surface area contributed by atoms with Gasteiger partial charge in [0.05, 0.1) is 5.52 Å². The molecule has 0 saturated heterocycles. The summed E-state index contributed by atoms with van der Waals surface area (Å²) in [5, 5.41) is 4.06. The number of halogens is 1. The molecule has 0 spiro atoms. The molecule has 3 aromatic carbocycles. The highest BCUT2D eigenvalue weighted by atomic mass is 35.5. The number of amides is 1. The number of hydrogen-bond acceptors (Lipinski definition) is 4. The van der Waals surface area contributed by atoms with E-state index >= 15 is 0 Å². The molecule has 1 amide bonds. The minimum absolute atomic E-state index is 0.0869. The SMILES string of the molecule is Cc1ccc(Cl)cc1NC(=O)c1ccc(NS(=O)(=O)c2cccc3cccnc23)cc1. The molecule has 31 heavy (non-hydrogen) atoms. The van der Waals surface area contributed by atoms with Crippen LogP contribution in [0.1, 0.15) is 15.9 Å². The van der Waals surface area contributed by atoms with Crippen molar-refractivity contribution in [2.75, 3.05) is 10.0 Å². The molecule has 4 aromatic rings. The molecule has 0 radical (unpaired) electrons. The number of para-hydroxylation sites is 1. The van der Waals surface area contributed by atoms with E-state index in [9.17, 15) is 13.2 Å². The van der Waals surface area contributed by atoms with E-state index in [1.54, 1.807) is 54.7 Å². The molecule has 156 valence electrons. The van der Waals surface area contributed by atoms with Crippen molar-refractivity contribution in [2.24, 2.45) is 0 Å². The summed E-state index contributed by atoms with van der Waals surface area (Å²) >= 11 is 5.99. The highest BCUT2D eigenvalue weighted by Crippen LogP contribution is 2.24. The van der Waals surface area contributed by atoms with Crippen LogP contribution in [0.5, 0.6) is 0 Å². The molecule has 4 rings (SSSR count). The highest BCUT2D eigenvalue weighted by Gasteiger charge is 2.18. The Hall–Kier alpha value is -3.42. The summed E-state index contributed by atoms with van der Waals surface area (Å²) < 4.78 is 28.3. The first-order valence-electron chi connectivity index (χ1n) is 9.38. The number of benzene rings is 3. The second-order valence-electron chi connectivity index (χ2n) is 6.93. The molecule has 0 unspecified atom stereocenters. The zero-order chi connectivity index (χ0) is 22.0. The van der Waals surface area contributed by atoms with Gasteiger partial charge in [0.2, 0.25) is 0 Å². The Morgan fingerprint density at radius 1 is 0.968 bits per heavy atom. The molecule has 0 aliphatic heterocycles. The first kappa shape index (κ1) is 20.8. The summed E-state index contributed by atoms with van der Waals surface area (Å²) in [5.41, 5.74) is 2.61. The van der Waals surface area contributed by atoms with Gasteiger partial charge in [-0.15, -0.1) is 0 Å². The molecule has 0 atom stereocenters. The van der Waals surface area contributed by atoms with Crippen LogP contribution in [0.3, 0.4) is 0 Å². The third-order valence-corrected chi connectivity index (χ3v) is 6.38.